The minimum absolute atomic E-state index is 0.00730. The summed E-state index contributed by atoms with van der Waals surface area (Å²) in [6.07, 6.45) is 4.25. The highest BCUT2D eigenvalue weighted by molar-refractivity contribution is 6.09. The van der Waals surface area contributed by atoms with E-state index in [9.17, 15) is 14.4 Å². The summed E-state index contributed by atoms with van der Waals surface area (Å²) < 4.78 is 0. The quantitative estimate of drug-likeness (QED) is 0.662. The number of amides is 4. The van der Waals surface area contributed by atoms with Gasteiger partial charge in [0.05, 0.1) is 0 Å². The summed E-state index contributed by atoms with van der Waals surface area (Å²) >= 11 is 0. The smallest absolute Gasteiger partial charge is 0.325 e. The van der Waals surface area contributed by atoms with E-state index >= 15 is 0 Å². The first-order valence-corrected chi connectivity index (χ1v) is 9.35. The highest BCUT2D eigenvalue weighted by Crippen LogP contribution is 2.46. The Bertz CT molecular complexity index is 571. The van der Waals surface area contributed by atoms with Crippen molar-refractivity contribution in [3.8, 4) is 0 Å². The van der Waals surface area contributed by atoms with Crippen LogP contribution in [0.15, 0.2) is 0 Å². The van der Waals surface area contributed by atoms with Gasteiger partial charge in [-0.25, -0.2) is 4.79 Å². The third-order valence-corrected chi connectivity index (χ3v) is 5.59. The number of hydrogen-bond donors (Lipinski definition) is 3. The molecule has 25 heavy (non-hydrogen) atoms. The second-order valence-electron chi connectivity index (χ2n) is 8.87. The molecule has 3 atom stereocenters. The highest BCUT2D eigenvalue weighted by Gasteiger charge is 2.56. The topological polar surface area (TPSA) is 90.5 Å². The van der Waals surface area contributed by atoms with Crippen LogP contribution in [0.5, 0.6) is 0 Å². The van der Waals surface area contributed by atoms with Crippen LogP contribution in [0, 0.1) is 11.3 Å². The fraction of sp³-hybridized carbons (Fsp3) is 0.833. The Balaban J connectivity index is 1.66. The van der Waals surface area contributed by atoms with Gasteiger partial charge < -0.3 is 16.0 Å². The summed E-state index contributed by atoms with van der Waals surface area (Å²) in [5.41, 5.74) is -0.850. The first kappa shape index (κ1) is 18.2. The summed E-state index contributed by atoms with van der Waals surface area (Å²) in [6.45, 7) is 7.90. The van der Waals surface area contributed by atoms with Crippen molar-refractivity contribution in [3.05, 3.63) is 0 Å². The number of hydrogen-bond acceptors (Lipinski definition) is 4. The maximum atomic E-state index is 13.0. The Labute approximate surface area is 149 Å². The van der Waals surface area contributed by atoms with E-state index in [1.807, 2.05) is 0 Å². The van der Waals surface area contributed by atoms with Crippen molar-refractivity contribution in [1.82, 2.24) is 20.9 Å². The lowest BCUT2D eigenvalue weighted by atomic mass is 9.64. The van der Waals surface area contributed by atoms with E-state index in [0.29, 0.717) is 18.8 Å². The SMILES string of the molecule is CC1CC(C)(C)CC2(C1)NC(=O)N(CC(=O)N[C@H]1CCCNC1)C2=O. The molecule has 1 saturated carbocycles. The molecule has 4 amide bonds. The van der Waals surface area contributed by atoms with E-state index < -0.39 is 11.6 Å². The molecule has 7 heteroatoms. The molecule has 2 unspecified atom stereocenters. The summed E-state index contributed by atoms with van der Waals surface area (Å²) in [5.74, 6) is -0.151. The van der Waals surface area contributed by atoms with Crippen LogP contribution in [0.3, 0.4) is 0 Å². The molecule has 1 aliphatic carbocycles. The van der Waals surface area contributed by atoms with Crippen LogP contribution >= 0.6 is 0 Å². The van der Waals surface area contributed by atoms with E-state index in [-0.39, 0.29) is 29.8 Å². The van der Waals surface area contributed by atoms with E-state index in [1.54, 1.807) is 0 Å². The number of urea groups is 1. The maximum Gasteiger partial charge on any atom is 0.325 e. The van der Waals surface area contributed by atoms with Crippen molar-refractivity contribution in [1.29, 1.82) is 0 Å². The molecule has 7 nitrogen and oxygen atoms in total. The normalized spacial score (nSPS) is 34.9. The molecule has 140 valence electrons. The molecule has 1 spiro atoms. The van der Waals surface area contributed by atoms with Crippen molar-refractivity contribution in [3.63, 3.8) is 0 Å². The Hall–Kier alpha value is -1.63. The summed E-state index contributed by atoms with van der Waals surface area (Å²) in [5, 5.41) is 9.07. The molecule has 0 bridgehead atoms. The Morgan fingerprint density at radius 3 is 2.72 bits per heavy atom. The van der Waals surface area contributed by atoms with Crippen molar-refractivity contribution in [2.45, 2.75) is 64.5 Å². The van der Waals surface area contributed by atoms with Crippen molar-refractivity contribution >= 4 is 17.8 Å². The van der Waals surface area contributed by atoms with Crippen LogP contribution in [0.1, 0.15) is 52.9 Å². The zero-order chi connectivity index (χ0) is 18.2. The van der Waals surface area contributed by atoms with Gasteiger partial charge in [-0.2, -0.15) is 0 Å². The standard InChI is InChI=1S/C18H30N4O3/c1-12-7-17(2,3)11-18(8-12)15(24)22(16(25)21-18)10-14(23)20-13-5-4-6-19-9-13/h12-13,19H,4-11H2,1-3H3,(H,20,23)(H,21,25)/t12?,13-,18?/m0/s1. The average Bonchev–Trinajstić information content (AvgIpc) is 2.70. The Morgan fingerprint density at radius 1 is 1.32 bits per heavy atom. The molecule has 0 aromatic heterocycles. The van der Waals surface area contributed by atoms with Gasteiger partial charge in [-0.1, -0.05) is 20.8 Å². The number of carbonyl (C=O) groups is 3. The van der Waals surface area contributed by atoms with Crippen LogP contribution < -0.4 is 16.0 Å². The first-order chi connectivity index (χ1) is 11.7. The lowest BCUT2D eigenvalue weighted by Gasteiger charge is -2.43. The fourth-order valence-electron chi connectivity index (χ4n) is 5.04. The van der Waals surface area contributed by atoms with Crippen LogP contribution in [0.4, 0.5) is 4.79 Å². The minimum atomic E-state index is -0.842. The molecule has 2 heterocycles. The highest BCUT2D eigenvalue weighted by atomic mass is 16.2. The minimum Gasteiger partial charge on any atom is -0.351 e. The van der Waals surface area contributed by atoms with Crippen LogP contribution in [0.25, 0.3) is 0 Å². The molecule has 3 aliphatic rings. The van der Waals surface area contributed by atoms with Gasteiger partial charge in [0.25, 0.3) is 5.91 Å². The van der Waals surface area contributed by atoms with Crippen molar-refractivity contribution in [2.75, 3.05) is 19.6 Å². The molecule has 3 N–H and O–H groups in total. The third kappa shape index (κ3) is 3.81. The molecule has 3 rings (SSSR count). The van der Waals surface area contributed by atoms with E-state index in [4.69, 9.17) is 0 Å². The van der Waals surface area contributed by atoms with Crippen LogP contribution in [-0.2, 0) is 9.59 Å². The third-order valence-electron chi connectivity index (χ3n) is 5.59. The van der Waals surface area contributed by atoms with Crippen molar-refractivity contribution in [2.24, 2.45) is 11.3 Å². The number of piperidine rings is 1. The Morgan fingerprint density at radius 2 is 2.08 bits per heavy atom. The van der Waals surface area contributed by atoms with Gasteiger partial charge in [-0.15, -0.1) is 0 Å². The molecule has 0 aromatic carbocycles. The Kier molecular flexibility index (Phi) is 4.79. The number of nitrogens with zero attached hydrogens (tertiary/aromatic N) is 1. The van der Waals surface area contributed by atoms with Gasteiger partial charge in [0.1, 0.15) is 12.1 Å². The first-order valence-electron chi connectivity index (χ1n) is 9.35. The molecule has 3 fully saturated rings. The lowest BCUT2D eigenvalue weighted by Crippen LogP contribution is -2.54. The van der Waals surface area contributed by atoms with Gasteiger partial charge in [0.2, 0.25) is 5.91 Å². The number of imide groups is 1. The van der Waals surface area contributed by atoms with Gasteiger partial charge in [-0.3, -0.25) is 14.5 Å². The van der Waals surface area contributed by atoms with Crippen LogP contribution in [0.2, 0.25) is 0 Å². The summed E-state index contributed by atoms with van der Waals surface area (Å²) in [7, 11) is 0. The molecular formula is C18H30N4O3. The van der Waals surface area contributed by atoms with Crippen LogP contribution in [-0.4, -0.2) is 54.0 Å². The maximum absolute atomic E-state index is 13.0. The number of nitrogens with one attached hydrogen (secondary N) is 3. The zero-order valence-electron chi connectivity index (χ0n) is 15.5. The molecule has 2 aliphatic heterocycles. The zero-order valence-corrected chi connectivity index (χ0v) is 15.5. The van der Waals surface area contributed by atoms with Gasteiger partial charge >= 0.3 is 6.03 Å². The number of rotatable bonds is 3. The lowest BCUT2D eigenvalue weighted by molar-refractivity contribution is -0.137. The van der Waals surface area contributed by atoms with Gasteiger partial charge in [0.15, 0.2) is 0 Å². The van der Waals surface area contributed by atoms with Gasteiger partial charge in [0, 0.05) is 12.6 Å². The number of carbonyl (C=O) groups excluding carboxylic acids is 3. The molecule has 0 radical (unpaired) electrons. The van der Waals surface area contributed by atoms with E-state index in [2.05, 4.69) is 36.7 Å². The molecule has 2 saturated heterocycles. The van der Waals surface area contributed by atoms with Crippen molar-refractivity contribution < 1.29 is 14.4 Å². The molecule has 0 aromatic rings. The average molecular weight is 350 g/mol. The van der Waals surface area contributed by atoms with Gasteiger partial charge in [-0.05, 0) is 50.0 Å². The second-order valence-corrected chi connectivity index (χ2v) is 8.87. The van der Waals surface area contributed by atoms with E-state index in [1.165, 1.54) is 0 Å². The summed E-state index contributed by atoms with van der Waals surface area (Å²) in [6, 6.07) is -0.364. The fourth-order valence-corrected chi connectivity index (χ4v) is 5.04. The second kappa shape index (κ2) is 6.59. The largest absolute Gasteiger partial charge is 0.351 e. The monoisotopic (exact) mass is 350 g/mol. The van der Waals surface area contributed by atoms with E-state index in [0.717, 1.165) is 37.3 Å². The predicted octanol–water partition coefficient (Wildman–Crippen LogP) is 0.991. The predicted molar refractivity (Wildman–Crippen MR) is 93.8 cm³/mol. The molecular weight excluding hydrogens is 320 g/mol. The summed E-state index contributed by atoms with van der Waals surface area (Å²) in [4.78, 5) is 38.8.